The van der Waals surface area contributed by atoms with Crippen LogP contribution in [-0.2, 0) is 4.79 Å². The van der Waals surface area contributed by atoms with Gasteiger partial charge < -0.3 is 14.2 Å². The lowest BCUT2D eigenvalue weighted by Crippen LogP contribution is -2.47. The summed E-state index contributed by atoms with van der Waals surface area (Å²) < 4.78 is 29.0. The summed E-state index contributed by atoms with van der Waals surface area (Å²) in [5, 5.41) is 0. The monoisotopic (exact) mass is 362 g/mol. The molecule has 26 heavy (non-hydrogen) atoms. The average Bonchev–Trinajstić information content (AvgIpc) is 2.66. The Morgan fingerprint density at radius 1 is 1.00 bits per heavy atom. The number of para-hydroxylation sites is 1. The first-order valence-electron chi connectivity index (χ1n) is 7.69. The van der Waals surface area contributed by atoms with Crippen LogP contribution in [0.25, 0.3) is 0 Å². The maximum absolute atomic E-state index is 13.6. The maximum Gasteiger partial charge on any atom is 0.279 e. The van der Waals surface area contributed by atoms with Crippen molar-refractivity contribution in [3.05, 3.63) is 53.8 Å². The molecule has 1 atom stereocenters. The lowest BCUT2D eigenvalue weighted by molar-refractivity contribution is -0.128. The third kappa shape index (κ3) is 4.62. The molecular weight excluding hydrogens is 343 g/mol. The van der Waals surface area contributed by atoms with Gasteiger partial charge in [0.15, 0.2) is 17.7 Å². The van der Waals surface area contributed by atoms with E-state index >= 15 is 0 Å². The van der Waals surface area contributed by atoms with Crippen molar-refractivity contribution in [2.75, 3.05) is 14.2 Å². The van der Waals surface area contributed by atoms with Crippen LogP contribution < -0.4 is 25.1 Å². The summed E-state index contributed by atoms with van der Waals surface area (Å²) in [6, 6.07) is 10.4. The van der Waals surface area contributed by atoms with E-state index in [1.807, 2.05) is 0 Å². The number of carbonyl (C=O) groups is 2. The highest BCUT2D eigenvalue weighted by Crippen LogP contribution is 2.23. The Morgan fingerprint density at radius 2 is 1.73 bits per heavy atom. The minimum atomic E-state index is -1.03. The van der Waals surface area contributed by atoms with E-state index < -0.39 is 23.7 Å². The molecule has 0 spiro atoms. The van der Waals surface area contributed by atoms with Gasteiger partial charge in [-0.3, -0.25) is 20.4 Å². The molecule has 2 aromatic rings. The molecule has 0 bridgehead atoms. The molecule has 138 valence electrons. The molecule has 0 aliphatic heterocycles. The number of nitrogens with one attached hydrogen (secondary N) is 2. The minimum absolute atomic E-state index is 0.0593. The number of hydrogen-bond acceptors (Lipinski definition) is 5. The number of rotatable bonds is 6. The highest BCUT2D eigenvalue weighted by Gasteiger charge is 2.19. The number of methoxy groups -OCH3 is 2. The largest absolute Gasteiger partial charge is 0.497 e. The number of hydrazine groups is 1. The van der Waals surface area contributed by atoms with Crippen LogP contribution in [0.1, 0.15) is 17.3 Å². The van der Waals surface area contributed by atoms with Crippen LogP contribution in [0.15, 0.2) is 42.5 Å². The lowest BCUT2D eigenvalue weighted by atomic mass is 10.2. The van der Waals surface area contributed by atoms with Gasteiger partial charge in [-0.05, 0) is 37.3 Å². The molecule has 2 rings (SSSR count). The van der Waals surface area contributed by atoms with E-state index in [4.69, 9.17) is 14.2 Å². The van der Waals surface area contributed by atoms with Gasteiger partial charge in [-0.15, -0.1) is 0 Å². The first-order chi connectivity index (χ1) is 12.5. The number of carbonyl (C=O) groups excluding carboxylic acids is 2. The summed E-state index contributed by atoms with van der Waals surface area (Å²) in [6.45, 7) is 1.43. The molecule has 8 heteroatoms. The minimum Gasteiger partial charge on any atom is -0.497 e. The summed E-state index contributed by atoms with van der Waals surface area (Å²) in [5.41, 5.74) is 4.66. The fourth-order valence-corrected chi connectivity index (χ4v) is 2.06. The Morgan fingerprint density at radius 3 is 2.38 bits per heavy atom. The van der Waals surface area contributed by atoms with E-state index in [-0.39, 0.29) is 11.3 Å². The molecule has 0 unspecified atom stereocenters. The van der Waals surface area contributed by atoms with Gasteiger partial charge in [-0.1, -0.05) is 12.1 Å². The van der Waals surface area contributed by atoms with Crippen molar-refractivity contribution in [2.24, 2.45) is 0 Å². The second-order valence-corrected chi connectivity index (χ2v) is 5.20. The topological polar surface area (TPSA) is 85.9 Å². The summed E-state index contributed by atoms with van der Waals surface area (Å²) in [6.07, 6.45) is -1.03. The first kappa shape index (κ1) is 19.0. The third-order valence-corrected chi connectivity index (χ3v) is 3.46. The first-order valence-corrected chi connectivity index (χ1v) is 7.69. The molecule has 0 aliphatic rings. The van der Waals surface area contributed by atoms with E-state index in [0.29, 0.717) is 11.5 Å². The molecule has 7 nitrogen and oxygen atoms in total. The highest BCUT2D eigenvalue weighted by atomic mass is 19.1. The Balaban J connectivity index is 1.98. The predicted octanol–water partition coefficient (Wildman–Crippen LogP) is 2.07. The Kier molecular flexibility index (Phi) is 6.37. The summed E-state index contributed by atoms with van der Waals surface area (Å²) >= 11 is 0. The molecule has 0 saturated carbocycles. The van der Waals surface area contributed by atoms with E-state index in [9.17, 15) is 14.0 Å². The molecule has 0 heterocycles. The average molecular weight is 362 g/mol. The molecule has 0 aromatic heterocycles. The normalized spacial score (nSPS) is 11.2. The number of hydrogen-bond donors (Lipinski definition) is 2. The molecular formula is C18H19FN2O5. The molecule has 0 aliphatic carbocycles. The molecule has 2 amide bonds. The number of amides is 2. The van der Waals surface area contributed by atoms with Crippen LogP contribution in [0.4, 0.5) is 4.39 Å². The predicted molar refractivity (Wildman–Crippen MR) is 91.6 cm³/mol. The summed E-state index contributed by atoms with van der Waals surface area (Å²) in [7, 11) is 2.88. The Labute approximate surface area is 150 Å². The molecule has 2 aromatic carbocycles. The Hall–Kier alpha value is -3.29. The second kappa shape index (κ2) is 8.70. The standard InChI is InChI=1S/C18H19FN2O5/c1-11(26-16-7-5-4-6-14(16)19)17(22)20-21-18(23)13-10-12(24-2)8-9-15(13)25-3/h4-11H,1-3H3,(H,20,22)(H,21,23)/t11-/m1/s1. The summed E-state index contributed by atoms with van der Waals surface area (Å²) in [5.74, 6) is -1.13. The van der Waals surface area contributed by atoms with Crippen LogP contribution in [-0.4, -0.2) is 32.1 Å². The molecule has 0 fully saturated rings. The van der Waals surface area contributed by atoms with Gasteiger partial charge in [-0.25, -0.2) is 4.39 Å². The van der Waals surface area contributed by atoms with Gasteiger partial charge in [0.05, 0.1) is 19.8 Å². The van der Waals surface area contributed by atoms with Gasteiger partial charge in [0.1, 0.15) is 11.5 Å². The van der Waals surface area contributed by atoms with E-state index in [0.717, 1.165) is 0 Å². The van der Waals surface area contributed by atoms with Crippen molar-refractivity contribution in [1.82, 2.24) is 10.9 Å². The van der Waals surface area contributed by atoms with E-state index in [2.05, 4.69) is 10.9 Å². The van der Waals surface area contributed by atoms with Crippen LogP contribution in [0.2, 0.25) is 0 Å². The number of halogens is 1. The third-order valence-electron chi connectivity index (χ3n) is 3.46. The van der Waals surface area contributed by atoms with Crippen molar-refractivity contribution in [3.63, 3.8) is 0 Å². The van der Waals surface area contributed by atoms with Gasteiger partial charge >= 0.3 is 0 Å². The van der Waals surface area contributed by atoms with E-state index in [1.165, 1.54) is 45.4 Å². The van der Waals surface area contributed by atoms with Crippen molar-refractivity contribution >= 4 is 11.8 Å². The molecule has 0 saturated heterocycles. The van der Waals surface area contributed by atoms with Crippen molar-refractivity contribution in [2.45, 2.75) is 13.0 Å². The van der Waals surface area contributed by atoms with Gasteiger partial charge in [0.25, 0.3) is 11.8 Å². The van der Waals surface area contributed by atoms with E-state index in [1.54, 1.807) is 18.2 Å². The smallest absolute Gasteiger partial charge is 0.279 e. The van der Waals surface area contributed by atoms with Crippen molar-refractivity contribution in [1.29, 1.82) is 0 Å². The van der Waals surface area contributed by atoms with Crippen LogP contribution in [0.3, 0.4) is 0 Å². The summed E-state index contributed by atoms with van der Waals surface area (Å²) in [4.78, 5) is 24.3. The second-order valence-electron chi connectivity index (χ2n) is 5.20. The van der Waals surface area contributed by atoms with Gasteiger partial charge in [0, 0.05) is 0 Å². The SMILES string of the molecule is COc1ccc(OC)c(C(=O)NNC(=O)[C@@H](C)Oc2ccccc2F)c1. The van der Waals surface area contributed by atoms with Gasteiger partial charge in [-0.2, -0.15) is 0 Å². The fraction of sp³-hybridized carbons (Fsp3) is 0.222. The van der Waals surface area contributed by atoms with Crippen LogP contribution in [0, 0.1) is 5.82 Å². The Bertz CT molecular complexity index is 797. The zero-order valence-corrected chi connectivity index (χ0v) is 14.5. The quantitative estimate of drug-likeness (QED) is 0.769. The molecule has 2 N–H and O–H groups in total. The van der Waals surface area contributed by atoms with Crippen molar-refractivity contribution in [3.8, 4) is 17.2 Å². The zero-order valence-electron chi connectivity index (χ0n) is 14.5. The highest BCUT2D eigenvalue weighted by molar-refractivity contribution is 5.98. The maximum atomic E-state index is 13.6. The van der Waals surface area contributed by atoms with Crippen molar-refractivity contribution < 1.29 is 28.2 Å². The zero-order chi connectivity index (χ0) is 19.1. The van der Waals surface area contributed by atoms with Gasteiger partial charge in [0.2, 0.25) is 0 Å². The number of benzene rings is 2. The van der Waals surface area contributed by atoms with Crippen LogP contribution in [0.5, 0.6) is 17.2 Å². The lowest BCUT2D eigenvalue weighted by Gasteiger charge is -2.16. The fourth-order valence-electron chi connectivity index (χ4n) is 2.06. The molecule has 0 radical (unpaired) electrons. The van der Waals surface area contributed by atoms with Crippen LogP contribution >= 0.6 is 0 Å². The number of ether oxygens (including phenoxy) is 3.